The summed E-state index contributed by atoms with van der Waals surface area (Å²) < 4.78 is 12.3. The van der Waals surface area contributed by atoms with E-state index in [1.807, 2.05) is 24.3 Å². The predicted octanol–water partition coefficient (Wildman–Crippen LogP) is 8.80. The second-order valence-electron chi connectivity index (χ2n) is 11.3. The van der Waals surface area contributed by atoms with Crippen LogP contribution in [0, 0.1) is 0 Å². The van der Waals surface area contributed by atoms with Gasteiger partial charge in [0.1, 0.15) is 28.7 Å². The first-order chi connectivity index (χ1) is 17.4. The molecule has 4 nitrogen and oxygen atoms in total. The molecule has 0 radical (unpaired) electrons. The van der Waals surface area contributed by atoms with Crippen molar-refractivity contribution in [3.05, 3.63) is 113 Å². The number of carbonyl (C=O) groups is 1. The molecule has 0 saturated heterocycles. The molecule has 0 atom stereocenters. The topological polar surface area (TPSA) is 55.8 Å². The number of rotatable bonds is 6. The molecule has 4 aromatic carbocycles. The number of ketones is 1. The van der Waals surface area contributed by atoms with E-state index in [9.17, 15) is 9.90 Å². The summed E-state index contributed by atoms with van der Waals surface area (Å²) in [5.41, 5.74) is 3.38. The third-order valence-electron chi connectivity index (χ3n) is 6.18. The van der Waals surface area contributed by atoms with Crippen molar-refractivity contribution >= 4 is 5.78 Å². The number of phenols is 1. The van der Waals surface area contributed by atoms with Crippen molar-refractivity contribution in [1.29, 1.82) is 0 Å². The molecule has 0 aliphatic rings. The second kappa shape index (κ2) is 10.1. The quantitative estimate of drug-likeness (QED) is 0.272. The minimum atomic E-state index is -0.193. The highest BCUT2D eigenvalue weighted by Gasteiger charge is 2.17. The lowest BCUT2D eigenvalue weighted by atomic mass is 9.87. The van der Waals surface area contributed by atoms with Crippen LogP contribution in [-0.2, 0) is 10.8 Å². The minimum absolute atomic E-state index is 0.0402. The Labute approximate surface area is 219 Å². The first-order valence-corrected chi connectivity index (χ1v) is 12.4. The first kappa shape index (κ1) is 26.0. The lowest BCUT2D eigenvalue weighted by molar-refractivity contribution is 0.103. The lowest BCUT2D eigenvalue weighted by Gasteiger charge is -2.19. The second-order valence-corrected chi connectivity index (χ2v) is 11.3. The summed E-state index contributed by atoms with van der Waals surface area (Å²) in [5.74, 6) is 2.24. The molecular weight excluding hydrogens is 460 g/mol. The number of hydrogen-bond donors (Lipinski definition) is 1. The Hall–Kier alpha value is -4.05. The van der Waals surface area contributed by atoms with Gasteiger partial charge in [0.2, 0.25) is 0 Å². The van der Waals surface area contributed by atoms with Crippen LogP contribution in [-0.4, -0.2) is 10.9 Å². The molecule has 0 bridgehead atoms. The van der Waals surface area contributed by atoms with Gasteiger partial charge in [0.15, 0.2) is 5.78 Å². The summed E-state index contributed by atoms with van der Waals surface area (Å²) in [4.78, 5) is 13.3. The van der Waals surface area contributed by atoms with Crippen molar-refractivity contribution in [1.82, 2.24) is 0 Å². The van der Waals surface area contributed by atoms with E-state index in [1.54, 1.807) is 30.3 Å². The van der Waals surface area contributed by atoms with E-state index in [1.165, 1.54) is 23.3 Å². The molecule has 0 aliphatic heterocycles. The van der Waals surface area contributed by atoms with Gasteiger partial charge in [-0.05, 0) is 82.6 Å². The Morgan fingerprint density at radius 3 is 1.32 bits per heavy atom. The first-order valence-electron chi connectivity index (χ1n) is 12.4. The van der Waals surface area contributed by atoms with Gasteiger partial charge in [0.05, 0.1) is 0 Å². The maximum atomic E-state index is 13.3. The normalized spacial score (nSPS) is 11.7. The van der Waals surface area contributed by atoms with Gasteiger partial charge in [-0.25, -0.2) is 0 Å². The summed E-state index contributed by atoms with van der Waals surface area (Å²) in [6, 6.07) is 27.3. The molecule has 1 N–H and O–H groups in total. The van der Waals surface area contributed by atoms with Crippen LogP contribution in [0.1, 0.15) is 68.6 Å². The van der Waals surface area contributed by atoms with Crippen molar-refractivity contribution in [2.45, 2.75) is 52.4 Å². The number of benzene rings is 4. The van der Waals surface area contributed by atoms with Crippen LogP contribution in [0.5, 0.6) is 28.7 Å². The average Bonchev–Trinajstić information content (AvgIpc) is 2.83. The Morgan fingerprint density at radius 2 is 0.946 bits per heavy atom. The molecule has 4 heteroatoms. The fraction of sp³-hybridized carbons (Fsp3) is 0.242. The van der Waals surface area contributed by atoms with Crippen LogP contribution in [0.25, 0.3) is 0 Å². The average molecular weight is 495 g/mol. The minimum Gasteiger partial charge on any atom is -0.508 e. The summed E-state index contributed by atoms with van der Waals surface area (Å²) in [5, 5.41) is 9.61. The molecule has 0 unspecified atom stereocenters. The summed E-state index contributed by atoms with van der Waals surface area (Å²) in [6.45, 7) is 13.0. The number of phenolic OH excluding ortho intramolecular Hbond substituents is 1. The Morgan fingerprint density at radius 1 is 0.541 bits per heavy atom. The molecule has 0 spiro atoms. The van der Waals surface area contributed by atoms with E-state index in [4.69, 9.17) is 9.47 Å². The van der Waals surface area contributed by atoms with E-state index in [-0.39, 0.29) is 22.4 Å². The highest BCUT2D eigenvalue weighted by Crippen LogP contribution is 2.33. The summed E-state index contributed by atoms with van der Waals surface area (Å²) >= 11 is 0. The maximum Gasteiger partial charge on any atom is 0.193 e. The Bertz CT molecular complexity index is 1290. The van der Waals surface area contributed by atoms with Crippen molar-refractivity contribution < 1.29 is 19.4 Å². The number of carbonyl (C=O) groups excluding carboxylic acids is 1. The number of aromatic hydroxyl groups is 1. The lowest BCUT2D eigenvalue weighted by Crippen LogP contribution is -2.10. The SMILES string of the molecule is CC(C)(C)c1ccc(Oc2cc(Oc3ccc(C(C)(C)C)cc3)cc(C(=O)c3ccc(O)cc3)c2)cc1. The van der Waals surface area contributed by atoms with Crippen LogP contribution in [0.4, 0.5) is 0 Å². The van der Waals surface area contributed by atoms with E-state index < -0.39 is 0 Å². The fourth-order valence-electron chi connectivity index (χ4n) is 3.92. The van der Waals surface area contributed by atoms with E-state index in [2.05, 4.69) is 65.8 Å². The van der Waals surface area contributed by atoms with Gasteiger partial charge in [-0.3, -0.25) is 4.79 Å². The van der Waals surface area contributed by atoms with Crippen molar-refractivity contribution in [3.63, 3.8) is 0 Å². The monoisotopic (exact) mass is 494 g/mol. The summed E-state index contributed by atoms with van der Waals surface area (Å²) in [6.07, 6.45) is 0. The molecule has 0 heterocycles. The third kappa shape index (κ3) is 6.59. The number of hydrogen-bond acceptors (Lipinski definition) is 4. The molecule has 0 fully saturated rings. The van der Waals surface area contributed by atoms with Crippen LogP contribution in [0.3, 0.4) is 0 Å². The molecular formula is C33H34O4. The number of ether oxygens (including phenoxy) is 2. The van der Waals surface area contributed by atoms with Gasteiger partial charge in [-0.2, -0.15) is 0 Å². The Balaban J connectivity index is 1.67. The van der Waals surface area contributed by atoms with E-state index >= 15 is 0 Å². The van der Waals surface area contributed by atoms with Crippen molar-refractivity contribution in [3.8, 4) is 28.7 Å². The molecule has 0 saturated carbocycles. The van der Waals surface area contributed by atoms with E-state index in [0.717, 1.165) is 0 Å². The standard InChI is InChI=1S/C33H34O4/c1-32(2,3)24-9-15-27(16-10-24)36-29-19-23(31(35)22-7-13-26(34)14-8-22)20-30(21-29)37-28-17-11-25(12-18-28)33(4,5)6/h7-21,34H,1-6H3. The van der Waals surface area contributed by atoms with Crippen LogP contribution in [0.2, 0.25) is 0 Å². The van der Waals surface area contributed by atoms with Gasteiger partial charge < -0.3 is 14.6 Å². The fourth-order valence-corrected chi connectivity index (χ4v) is 3.92. The van der Waals surface area contributed by atoms with Crippen molar-refractivity contribution in [2.24, 2.45) is 0 Å². The zero-order valence-corrected chi connectivity index (χ0v) is 22.3. The molecule has 4 aromatic rings. The van der Waals surface area contributed by atoms with Gasteiger partial charge in [0.25, 0.3) is 0 Å². The van der Waals surface area contributed by atoms with Crippen LogP contribution in [0.15, 0.2) is 91.0 Å². The molecule has 190 valence electrons. The maximum absolute atomic E-state index is 13.3. The van der Waals surface area contributed by atoms with E-state index in [0.29, 0.717) is 34.1 Å². The van der Waals surface area contributed by atoms with Crippen LogP contribution < -0.4 is 9.47 Å². The summed E-state index contributed by atoms with van der Waals surface area (Å²) in [7, 11) is 0. The zero-order valence-electron chi connectivity index (χ0n) is 22.3. The van der Waals surface area contributed by atoms with Crippen molar-refractivity contribution in [2.75, 3.05) is 0 Å². The molecule has 4 rings (SSSR count). The predicted molar refractivity (Wildman–Crippen MR) is 148 cm³/mol. The zero-order chi connectivity index (χ0) is 26.8. The smallest absolute Gasteiger partial charge is 0.193 e. The third-order valence-corrected chi connectivity index (χ3v) is 6.18. The molecule has 0 aliphatic carbocycles. The largest absolute Gasteiger partial charge is 0.508 e. The highest BCUT2D eigenvalue weighted by molar-refractivity contribution is 6.09. The van der Waals surface area contributed by atoms with Gasteiger partial charge >= 0.3 is 0 Å². The molecule has 37 heavy (non-hydrogen) atoms. The van der Waals surface area contributed by atoms with Gasteiger partial charge in [0, 0.05) is 17.2 Å². The highest BCUT2D eigenvalue weighted by atomic mass is 16.5. The van der Waals surface area contributed by atoms with Crippen LogP contribution >= 0.6 is 0 Å². The molecule has 0 amide bonds. The van der Waals surface area contributed by atoms with Gasteiger partial charge in [-0.1, -0.05) is 65.8 Å². The van der Waals surface area contributed by atoms with Gasteiger partial charge in [-0.15, -0.1) is 0 Å². The Kier molecular flexibility index (Phi) is 7.13. The molecule has 0 aromatic heterocycles.